The van der Waals surface area contributed by atoms with E-state index in [0.29, 0.717) is 5.92 Å². The third-order valence-corrected chi connectivity index (χ3v) is 4.07. The molecule has 1 aliphatic rings. The molecule has 0 spiro atoms. The summed E-state index contributed by atoms with van der Waals surface area (Å²) in [5.74, 6) is 0.644. The first-order valence-electron chi connectivity index (χ1n) is 6.22. The molecule has 88 valence electrons. The largest absolute Gasteiger partial charge is 0.0843 e. The van der Waals surface area contributed by atoms with Gasteiger partial charge in [-0.3, -0.25) is 0 Å². The predicted octanol–water partition coefficient (Wildman–Crippen LogP) is 5.82. The van der Waals surface area contributed by atoms with Gasteiger partial charge in [0.15, 0.2) is 0 Å². The van der Waals surface area contributed by atoms with Crippen LogP contribution in [0.2, 0.25) is 10.0 Å². The lowest BCUT2D eigenvalue weighted by Gasteiger charge is -2.21. The van der Waals surface area contributed by atoms with E-state index < -0.39 is 0 Å². The first-order chi connectivity index (χ1) is 7.77. The maximum atomic E-state index is 6.27. The lowest BCUT2D eigenvalue weighted by molar-refractivity contribution is 0.456. The fraction of sp³-hybridized carbons (Fsp3) is 0.571. The molecule has 0 bridgehead atoms. The average Bonchev–Trinajstić information content (AvgIpc) is 2.19. The Bertz CT molecular complexity index is 339. The van der Waals surface area contributed by atoms with Gasteiger partial charge in [-0.15, -0.1) is 0 Å². The van der Waals surface area contributed by atoms with E-state index in [9.17, 15) is 0 Å². The van der Waals surface area contributed by atoms with E-state index >= 15 is 0 Å². The fourth-order valence-electron chi connectivity index (χ4n) is 2.60. The number of rotatable bonds is 1. The first-order valence-corrected chi connectivity index (χ1v) is 6.98. The lowest BCUT2D eigenvalue weighted by atomic mass is 9.86. The topological polar surface area (TPSA) is 0 Å². The summed E-state index contributed by atoms with van der Waals surface area (Å²) in [5, 5.41) is 1.58. The molecule has 0 radical (unpaired) electrons. The highest BCUT2D eigenvalue weighted by molar-refractivity contribution is 6.35. The van der Waals surface area contributed by atoms with Gasteiger partial charge in [0, 0.05) is 10.0 Å². The van der Waals surface area contributed by atoms with Crippen molar-refractivity contribution in [2.24, 2.45) is 0 Å². The van der Waals surface area contributed by atoms with Gasteiger partial charge in [-0.25, -0.2) is 0 Å². The van der Waals surface area contributed by atoms with Crippen LogP contribution in [0.15, 0.2) is 18.2 Å². The van der Waals surface area contributed by atoms with Gasteiger partial charge in [0.2, 0.25) is 0 Å². The van der Waals surface area contributed by atoms with Crippen molar-refractivity contribution in [3.8, 4) is 0 Å². The van der Waals surface area contributed by atoms with E-state index in [-0.39, 0.29) is 0 Å². The van der Waals surface area contributed by atoms with E-state index in [1.807, 2.05) is 12.1 Å². The molecule has 16 heavy (non-hydrogen) atoms. The molecule has 1 saturated carbocycles. The quantitative estimate of drug-likeness (QED) is 0.594. The molecule has 1 fully saturated rings. The third-order valence-electron chi connectivity index (χ3n) is 3.51. The van der Waals surface area contributed by atoms with Gasteiger partial charge in [0.05, 0.1) is 0 Å². The van der Waals surface area contributed by atoms with Crippen molar-refractivity contribution in [3.63, 3.8) is 0 Å². The van der Waals surface area contributed by atoms with Crippen molar-refractivity contribution < 1.29 is 0 Å². The number of halogens is 2. The lowest BCUT2D eigenvalue weighted by Crippen LogP contribution is -2.03. The summed E-state index contributed by atoms with van der Waals surface area (Å²) < 4.78 is 0. The summed E-state index contributed by atoms with van der Waals surface area (Å²) in [6.07, 6.45) is 9.39. The second-order valence-electron chi connectivity index (χ2n) is 4.71. The van der Waals surface area contributed by atoms with Crippen molar-refractivity contribution in [2.45, 2.75) is 50.9 Å². The Morgan fingerprint density at radius 1 is 0.875 bits per heavy atom. The van der Waals surface area contributed by atoms with Crippen LogP contribution in [0.4, 0.5) is 0 Å². The molecule has 2 heteroatoms. The van der Waals surface area contributed by atoms with Crippen molar-refractivity contribution in [2.75, 3.05) is 0 Å². The first kappa shape index (κ1) is 12.3. The average molecular weight is 257 g/mol. The minimum atomic E-state index is 0.644. The summed E-state index contributed by atoms with van der Waals surface area (Å²) in [4.78, 5) is 0. The Labute approximate surface area is 108 Å². The fourth-order valence-corrected chi connectivity index (χ4v) is 3.16. The van der Waals surface area contributed by atoms with Gasteiger partial charge in [-0.05, 0) is 36.5 Å². The minimum Gasteiger partial charge on any atom is -0.0843 e. The molecule has 1 aromatic carbocycles. The normalized spacial score (nSPS) is 19.1. The van der Waals surface area contributed by atoms with Gasteiger partial charge < -0.3 is 0 Å². The zero-order valence-electron chi connectivity index (χ0n) is 9.52. The number of hydrogen-bond acceptors (Lipinski definition) is 0. The predicted molar refractivity (Wildman–Crippen MR) is 71.5 cm³/mol. The number of hydrogen-bond donors (Lipinski definition) is 0. The molecule has 1 aromatic rings. The molecule has 0 aliphatic heterocycles. The molecule has 0 heterocycles. The van der Waals surface area contributed by atoms with Crippen molar-refractivity contribution in [1.29, 1.82) is 0 Å². The van der Waals surface area contributed by atoms with Crippen molar-refractivity contribution in [3.05, 3.63) is 33.8 Å². The van der Waals surface area contributed by atoms with Gasteiger partial charge in [0.25, 0.3) is 0 Å². The Kier molecular flexibility index (Phi) is 4.55. The van der Waals surface area contributed by atoms with Crippen LogP contribution in [0.5, 0.6) is 0 Å². The maximum absolute atomic E-state index is 6.27. The molecule has 0 aromatic heterocycles. The van der Waals surface area contributed by atoms with Crippen LogP contribution < -0.4 is 0 Å². The molecular weight excluding hydrogens is 239 g/mol. The third kappa shape index (κ3) is 3.15. The van der Waals surface area contributed by atoms with E-state index in [1.165, 1.54) is 50.5 Å². The Morgan fingerprint density at radius 2 is 1.50 bits per heavy atom. The second kappa shape index (κ2) is 5.93. The molecule has 0 amide bonds. The Hall–Kier alpha value is -0.200. The van der Waals surface area contributed by atoms with Crippen LogP contribution in [-0.4, -0.2) is 0 Å². The van der Waals surface area contributed by atoms with Gasteiger partial charge in [-0.1, -0.05) is 61.4 Å². The van der Waals surface area contributed by atoms with Crippen LogP contribution in [0.3, 0.4) is 0 Å². The van der Waals surface area contributed by atoms with E-state index in [1.54, 1.807) is 0 Å². The van der Waals surface area contributed by atoms with Crippen LogP contribution in [0.25, 0.3) is 0 Å². The van der Waals surface area contributed by atoms with Gasteiger partial charge >= 0.3 is 0 Å². The highest BCUT2D eigenvalue weighted by Crippen LogP contribution is 2.35. The Balaban J connectivity index is 2.14. The zero-order valence-corrected chi connectivity index (χ0v) is 11.0. The van der Waals surface area contributed by atoms with Crippen LogP contribution in [-0.2, 0) is 0 Å². The summed E-state index contributed by atoms with van der Waals surface area (Å²) in [7, 11) is 0. The maximum Gasteiger partial charge on any atom is 0.0455 e. The number of benzene rings is 1. The molecular formula is C14H18Cl2. The van der Waals surface area contributed by atoms with Crippen LogP contribution in [0.1, 0.15) is 56.4 Å². The SMILES string of the molecule is Clc1ccc(C2CCCCCCC2)c(Cl)c1. The molecule has 0 unspecified atom stereocenters. The summed E-state index contributed by atoms with van der Waals surface area (Å²) in [5.41, 5.74) is 1.30. The van der Waals surface area contributed by atoms with E-state index in [4.69, 9.17) is 23.2 Å². The molecule has 0 atom stereocenters. The van der Waals surface area contributed by atoms with Gasteiger partial charge in [0.1, 0.15) is 0 Å². The van der Waals surface area contributed by atoms with Gasteiger partial charge in [-0.2, -0.15) is 0 Å². The summed E-state index contributed by atoms with van der Waals surface area (Å²) >= 11 is 12.2. The van der Waals surface area contributed by atoms with Crippen LogP contribution in [0, 0.1) is 0 Å². The molecule has 2 rings (SSSR count). The molecule has 0 nitrogen and oxygen atoms in total. The van der Waals surface area contributed by atoms with E-state index in [0.717, 1.165) is 10.0 Å². The second-order valence-corrected chi connectivity index (χ2v) is 5.55. The monoisotopic (exact) mass is 256 g/mol. The van der Waals surface area contributed by atoms with Crippen molar-refractivity contribution in [1.82, 2.24) is 0 Å². The molecule has 0 saturated heterocycles. The van der Waals surface area contributed by atoms with Crippen LogP contribution >= 0.6 is 23.2 Å². The standard InChI is InChI=1S/C14H18Cl2/c15-12-8-9-13(14(16)10-12)11-6-4-2-1-3-5-7-11/h8-11H,1-7H2. The zero-order chi connectivity index (χ0) is 11.4. The highest BCUT2D eigenvalue weighted by Gasteiger charge is 2.16. The molecule has 1 aliphatic carbocycles. The highest BCUT2D eigenvalue weighted by atomic mass is 35.5. The summed E-state index contributed by atoms with van der Waals surface area (Å²) in [6, 6.07) is 5.94. The minimum absolute atomic E-state index is 0.644. The Morgan fingerprint density at radius 3 is 2.12 bits per heavy atom. The smallest absolute Gasteiger partial charge is 0.0455 e. The molecule has 0 N–H and O–H groups in total. The van der Waals surface area contributed by atoms with Crippen molar-refractivity contribution >= 4 is 23.2 Å². The van der Waals surface area contributed by atoms with E-state index in [2.05, 4.69) is 6.07 Å². The summed E-state index contributed by atoms with van der Waals surface area (Å²) in [6.45, 7) is 0.